The molecule has 0 spiro atoms. The summed E-state index contributed by atoms with van der Waals surface area (Å²) in [5.74, 6) is -0.757. The van der Waals surface area contributed by atoms with E-state index in [2.05, 4.69) is 5.32 Å². The average molecular weight is 395 g/mol. The van der Waals surface area contributed by atoms with E-state index in [1.54, 1.807) is 24.3 Å². The molecule has 1 aromatic heterocycles. The summed E-state index contributed by atoms with van der Waals surface area (Å²) in [6.07, 6.45) is 0. The number of thiophene rings is 1. The van der Waals surface area contributed by atoms with Crippen LogP contribution in [-0.2, 0) is 9.59 Å². The Morgan fingerprint density at radius 2 is 1.78 bits per heavy atom. The maximum Gasteiger partial charge on any atom is 0.282 e. The Kier molecular flexibility index (Phi) is 4.56. The fourth-order valence-corrected chi connectivity index (χ4v) is 3.96. The van der Waals surface area contributed by atoms with Gasteiger partial charge in [-0.3, -0.25) is 9.59 Å². The smallest absolute Gasteiger partial charge is 0.282 e. The van der Waals surface area contributed by atoms with Crippen molar-refractivity contribution >= 4 is 51.7 Å². The zero-order valence-corrected chi connectivity index (χ0v) is 16.0. The SMILES string of the molecule is Cc1cccc(NC2=C(c3cccs3)C(=O)N(c3cccc(Cl)c3)C2=O)c1. The highest BCUT2D eigenvalue weighted by Gasteiger charge is 2.40. The van der Waals surface area contributed by atoms with Gasteiger partial charge in [0.15, 0.2) is 0 Å². The number of carbonyl (C=O) groups excluding carboxylic acids is 2. The molecule has 0 bridgehead atoms. The van der Waals surface area contributed by atoms with E-state index in [4.69, 9.17) is 11.6 Å². The van der Waals surface area contributed by atoms with Crippen molar-refractivity contribution in [2.45, 2.75) is 6.92 Å². The van der Waals surface area contributed by atoms with E-state index in [1.807, 2.05) is 48.7 Å². The standard InChI is InChI=1S/C21H15ClN2O2S/c1-13-5-2-7-15(11-13)23-19-18(17-9-4-10-27-17)20(25)24(21(19)26)16-8-3-6-14(22)12-16/h2-12,23H,1H3. The minimum Gasteiger partial charge on any atom is -0.350 e. The molecule has 134 valence electrons. The number of aryl methyl sites for hydroxylation is 1. The average Bonchev–Trinajstić information content (AvgIpc) is 3.22. The second kappa shape index (κ2) is 7.02. The van der Waals surface area contributed by atoms with Crippen molar-refractivity contribution in [1.29, 1.82) is 0 Å². The van der Waals surface area contributed by atoms with Crippen LogP contribution < -0.4 is 10.2 Å². The molecule has 1 aliphatic heterocycles. The second-order valence-corrected chi connectivity index (χ2v) is 7.53. The number of benzene rings is 2. The number of halogens is 1. The summed E-state index contributed by atoms with van der Waals surface area (Å²) in [7, 11) is 0. The summed E-state index contributed by atoms with van der Waals surface area (Å²) in [4.78, 5) is 28.2. The van der Waals surface area contributed by atoms with E-state index in [0.717, 1.165) is 16.1 Å². The molecule has 0 aliphatic carbocycles. The summed E-state index contributed by atoms with van der Waals surface area (Å²) in [6, 6.07) is 18.1. The molecule has 1 N–H and O–H groups in total. The van der Waals surface area contributed by atoms with Crippen molar-refractivity contribution in [2.75, 3.05) is 10.2 Å². The first-order chi connectivity index (χ1) is 13.0. The van der Waals surface area contributed by atoms with Crippen LogP contribution in [0, 0.1) is 6.92 Å². The summed E-state index contributed by atoms with van der Waals surface area (Å²) >= 11 is 7.48. The van der Waals surface area contributed by atoms with Crippen molar-refractivity contribution in [1.82, 2.24) is 0 Å². The van der Waals surface area contributed by atoms with Crippen molar-refractivity contribution in [3.63, 3.8) is 0 Å². The monoisotopic (exact) mass is 394 g/mol. The third-order valence-electron chi connectivity index (χ3n) is 4.21. The first-order valence-corrected chi connectivity index (χ1v) is 9.56. The van der Waals surface area contributed by atoms with Gasteiger partial charge in [-0.1, -0.05) is 35.9 Å². The lowest BCUT2D eigenvalue weighted by molar-refractivity contribution is -0.120. The van der Waals surface area contributed by atoms with Gasteiger partial charge in [-0.2, -0.15) is 0 Å². The Hall–Kier alpha value is -2.89. The molecule has 2 aromatic carbocycles. The molecule has 0 saturated carbocycles. The first-order valence-electron chi connectivity index (χ1n) is 8.31. The van der Waals surface area contributed by atoms with Crippen LogP contribution in [0.3, 0.4) is 0 Å². The van der Waals surface area contributed by atoms with Gasteiger partial charge in [-0.25, -0.2) is 4.90 Å². The van der Waals surface area contributed by atoms with E-state index in [-0.39, 0.29) is 11.6 Å². The molecular weight excluding hydrogens is 380 g/mol. The highest BCUT2D eigenvalue weighted by Crippen LogP contribution is 2.36. The molecule has 0 fully saturated rings. The van der Waals surface area contributed by atoms with E-state index < -0.39 is 5.91 Å². The topological polar surface area (TPSA) is 49.4 Å². The van der Waals surface area contributed by atoms with Crippen molar-refractivity contribution in [3.05, 3.63) is 87.2 Å². The van der Waals surface area contributed by atoms with Crippen LogP contribution in [-0.4, -0.2) is 11.8 Å². The fraction of sp³-hybridized carbons (Fsp3) is 0.0476. The Balaban J connectivity index is 1.81. The van der Waals surface area contributed by atoms with Gasteiger partial charge in [0.05, 0.1) is 11.3 Å². The third kappa shape index (κ3) is 3.27. The van der Waals surface area contributed by atoms with Gasteiger partial charge in [0.1, 0.15) is 5.70 Å². The molecular formula is C21H15ClN2O2S. The number of carbonyl (C=O) groups is 2. The summed E-state index contributed by atoms with van der Waals surface area (Å²) in [5.41, 5.74) is 2.91. The van der Waals surface area contributed by atoms with Crippen LogP contribution in [0.5, 0.6) is 0 Å². The van der Waals surface area contributed by atoms with Gasteiger partial charge >= 0.3 is 0 Å². The predicted molar refractivity (Wildman–Crippen MR) is 110 cm³/mol. The molecule has 2 amide bonds. The number of amides is 2. The minimum atomic E-state index is -0.396. The normalized spacial score (nSPS) is 14.2. The summed E-state index contributed by atoms with van der Waals surface area (Å²) in [5, 5.41) is 5.50. The number of nitrogens with zero attached hydrogens (tertiary/aromatic N) is 1. The zero-order chi connectivity index (χ0) is 19.0. The lowest BCUT2D eigenvalue weighted by Crippen LogP contribution is -2.32. The highest BCUT2D eigenvalue weighted by atomic mass is 35.5. The van der Waals surface area contributed by atoms with E-state index in [0.29, 0.717) is 16.3 Å². The van der Waals surface area contributed by atoms with Gasteiger partial charge in [0.2, 0.25) is 0 Å². The Labute approximate surface area is 165 Å². The van der Waals surface area contributed by atoms with Crippen LogP contribution in [0.1, 0.15) is 10.4 Å². The van der Waals surface area contributed by atoms with Crippen LogP contribution in [0.4, 0.5) is 11.4 Å². The second-order valence-electron chi connectivity index (χ2n) is 6.15. The maximum atomic E-state index is 13.2. The Morgan fingerprint density at radius 3 is 2.48 bits per heavy atom. The lowest BCUT2D eigenvalue weighted by Gasteiger charge is -2.15. The molecule has 27 heavy (non-hydrogen) atoms. The van der Waals surface area contributed by atoms with Crippen LogP contribution in [0.2, 0.25) is 5.02 Å². The number of rotatable bonds is 4. The number of hydrogen-bond donors (Lipinski definition) is 1. The lowest BCUT2D eigenvalue weighted by atomic mass is 10.1. The molecule has 0 radical (unpaired) electrons. The highest BCUT2D eigenvalue weighted by molar-refractivity contribution is 7.11. The van der Waals surface area contributed by atoms with E-state index in [9.17, 15) is 9.59 Å². The van der Waals surface area contributed by atoms with Gasteiger partial charge in [0.25, 0.3) is 11.8 Å². The Bertz CT molecular complexity index is 1070. The van der Waals surface area contributed by atoms with Crippen LogP contribution in [0.25, 0.3) is 5.57 Å². The third-order valence-corrected chi connectivity index (χ3v) is 5.33. The largest absolute Gasteiger partial charge is 0.350 e. The molecule has 4 rings (SSSR count). The molecule has 2 heterocycles. The number of imide groups is 1. The van der Waals surface area contributed by atoms with Gasteiger partial charge in [-0.15, -0.1) is 11.3 Å². The number of anilines is 2. The zero-order valence-electron chi connectivity index (χ0n) is 14.4. The maximum absolute atomic E-state index is 13.2. The van der Waals surface area contributed by atoms with Gasteiger partial charge < -0.3 is 5.32 Å². The first kappa shape index (κ1) is 17.5. The summed E-state index contributed by atoms with van der Waals surface area (Å²) in [6.45, 7) is 1.97. The minimum absolute atomic E-state index is 0.271. The quantitative estimate of drug-likeness (QED) is 0.626. The number of hydrogen-bond acceptors (Lipinski definition) is 4. The van der Waals surface area contributed by atoms with Crippen LogP contribution in [0.15, 0.2) is 71.7 Å². The van der Waals surface area contributed by atoms with Gasteiger partial charge in [0, 0.05) is 15.6 Å². The number of nitrogens with one attached hydrogen (secondary N) is 1. The molecule has 6 heteroatoms. The van der Waals surface area contributed by atoms with E-state index in [1.165, 1.54) is 16.2 Å². The molecule has 0 unspecified atom stereocenters. The molecule has 0 atom stereocenters. The predicted octanol–water partition coefficient (Wildman–Crippen LogP) is 5.11. The Morgan fingerprint density at radius 1 is 0.963 bits per heavy atom. The fourth-order valence-electron chi connectivity index (χ4n) is 3.01. The molecule has 4 nitrogen and oxygen atoms in total. The summed E-state index contributed by atoms with van der Waals surface area (Å²) < 4.78 is 0. The van der Waals surface area contributed by atoms with Crippen molar-refractivity contribution < 1.29 is 9.59 Å². The van der Waals surface area contributed by atoms with Crippen molar-refractivity contribution in [3.8, 4) is 0 Å². The van der Waals surface area contributed by atoms with E-state index >= 15 is 0 Å². The van der Waals surface area contributed by atoms with Gasteiger partial charge in [-0.05, 0) is 54.3 Å². The van der Waals surface area contributed by atoms with Crippen LogP contribution >= 0.6 is 22.9 Å². The molecule has 0 saturated heterocycles. The van der Waals surface area contributed by atoms with Crippen molar-refractivity contribution in [2.24, 2.45) is 0 Å². The molecule has 1 aliphatic rings. The molecule has 3 aromatic rings.